The summed E-state index contributed by atoms with van der Waals surface area (Å²) in [6.07, 6.45) is -0.320. The van der Waals surface area contributed by atoms with Crippen molar-refractivity contribution in [3.63, 3.8) is 0 Å². The van der Waals surface area contributed by atoms with Crippen LogP contribution < -0.4 is 0 Å². The van der Waals surface area contributed by atoms with Crippen LogP contribution in [0, 0.1) is 5.92 Å². The van der Waals surface area contributed by atoms with Crippen LogP contribution in [0.25, 0.3) is 0 Å². The summed E-state index contributed by atoms with van der Waals surface area (Å²) in [5, 5.41) is 0. The van der Waals surface area contributed by atoms with Gasteiger partial charge in [-0.15, -0.1) is 0 Å². The lowest BCUT2D eigenvalue weighted by atomic mass is 10.0. The van der Waals surface area contributed by atoms with Gasteiger partial charge in [-0.05, 0) is 26.3 Å². The Hall–Kier alpha value is -1.88. The van der Waals surface area contributed by atoms with Crippen molar-refractivity contribution in [3.8, 4) is 0 Å². The Kier molecular flexibility index (Phi) is 4.15. The molecule has 2 saturated heterocycles. The van der Waals surface area contributed by atoms with Gasteiger partial charge in [0, 0.05) is 25.7 Å². The average molecular weight is 316 g/mol. The van der Waals surface area contributed by atoms with E-state index in [1.165, 1.54) is 5.56 Å². The highest BCUT2D eigenvalue weighted by Crippen LogP contribution is 2.31. The van der Waals surface area contributed by atoms with Crippen molar-refractivity contribution in [2.24, 2.45) is 5.92 Å². The van der Waals surface area contributed by atoms with E-state index < -0.39 is 5.60 Å². The maximum atomic E-state index is 12.3. The van der Waals surface area contributed by atoms with Crippen molar-refractivity contribution >= 4 is 11.9 Å². The number of amides is 1. The molecule has 1 aromatic carbocycles. The van der Waals surface area contributed by atoms with Crippen LogP contribution >= 0.6 is 0 Å². The van der Waals surface area contributed by atoms with Crippen LogP contribution in [-0.2, 0) is 16.1 Å². The van der Waals surface area contributed by atoms with Gasteiger partial charge in [0.05, 0.1) is 12.5 Å². The Labute approximate surface area is 137 Å². The quantitative estimate of drug-likeness (QED) is 0.840. The van der Waals surface area contributed by atoms with Crippen LogP contribution in [-0.4, -0.2) is 53.0 Å². The van der Waals surface area contributed by atoms with E-state index in [4.69, 9.17) is 4.74 Å². The summed E-state index contributed by atoms with van der Waals surface area (Å²) in [6.45, 7) is 7.84. The van der Waals surface area contributed by atoms with E-state index in [0.717, 1.165) is 6.54 Å². The number of rotatable bonds is 2. The zero-order chi connectivity index (χ0) is 16.6. The molecule has 2 fully saturated rings. The minimum absolute atomic E-state index is 0.0776. The van der Waals surface area contributed by atoms with Gasteiger partial charge in [0.15, 0.2) is 5.78 Å². The second-order valence-corrected chi connectivity index (χ2v) is 7.42. The molecule has 2 atom stereocenters. The van der Waals surface area contributed by atoms with Gasteiger partial charge in [-0.25, -0.2) is 4.79 Å². The number of nitrogens with zero attached hydrogens (tertiary/aromatic N) is 2. The molecule has 3 rings (SSSR count). The third-order valence-corrected chi connectivity index (χ3v) is 4.41. The lowest BCUT2D eigenvalue weighted by molar-refractivity contribution is -0.119. The van der Waals surface area contributed by atoms with Crippen LogP contribution in [0.4, 0.5) is 4.79 Å². The first-order valence-corrected chi connectivity index (χ1v) is 8.12. The van der Waals surface area contributed by atoms with Gasteiger partial charge in [0.2, 0.25) is 0 Å². The fourth-order valence-corrected chi connectivity index (χ4v) is 3.37. The Morgan fingerprint density at radius 2 is 1.91 bits per heavy atom. The molecule has 0 aromatic heterocycles. The standard InChI is InChI=1S/C18H24N2O3/c1-18(2,3)23-17(22)20-10-14-15(11-20)19(12-16(14)21)9-13-7-5-4-6-8-13/h4-8,14-15H,9-12H2,1-3H3. The van der Waals surface area contributed by atoms with Crippen LogP contribution in [0.15, 0.2) is 30.3 Å². The van der Waals surface area contributed by atoms with Crippen molar-refractivity contribution in [2.75, 3.05) is 19.6 Å². The molecule has 2 heterocycles. The van der Waals surface area contributed by atoms with E-state index >= 15 is 0 Å². The van der Waals surface area contributed by atoms with Crippen LogP contribution in [0.1, 0.15) is 26.3 Å². The molecule has 23 heavy (non-hydrogen) atoms. The summed E-state index contributed by atoms with van der Waals surface area (Å²) < 4.78 is 5.43. The summed E-state index contributed by atoms with van der Waals surface area (Å²) in [5.41, 5.74) is 0.680. The average Bonchev–Trinajstić information content (AvgIpc) is 3.01. The van der Waals surface area contributed by atoms with Gasteiger partial charge in [-0.1, -0.05) is 30.3 Å². The third kappa shape index (κ3) is 3.55. The number of Topliss-reactive ketones (excluding diaryl/α,β-unsaturated/α-hetero) is 1. The van der Waals surface area contributed by atoms with E-state index in [2.05, 4.69) is 17.0 Å². The molecule has 0 saturated carbocycles. The van der Waals surface area contributed by atoms with Gasteiger partial charge in [0.25, 0.3) is 0 Å². The maximum absolute atomic E-state index is 12.3. The molecule has 0 radical (unpaired) electrons. The van der Waals surface area contributed by atoms with E-state index in [1.54, 1.807) is 4.90 Å². The Balaban J connectivity index is 1.67. The van der Waals surface area contributed by atoms with Crippen LogP contribution in [0.2, 0.25) is 0 Å². The minimum atomic E-state index is -0.511. The molecular weight excluding hydrogens is 292 g/mol. The van der Waals surface area contributed by atoms with Crippen molar-refractivity contribution < 1.29 is 14.3 Å². The normalized spacial score (nSPS) is 24.8. The van der Waals surface area contributed by atoms with E-state index in [-0.39, 0.29) is 23.8 Å². The molecule has 5 nitrogen and oxygen atoms in total. The fourth-order valence-electron chi connectivity index (χ4n) is 3.37. The highest BCUT2D eigenvalue weighted by atomic mass is 16.6. The molecule has 0 aliphatic carbocycles. The number of fused-ring (bicyclic) bond motifs is 1. The summed E-state index contributed by atoms with van der Waals surface area (Å²) in [4.78, 5) is 28.4. The van der Waals surface area contributed by atoms with Crippen LogP contribution in [0.3, 0.4) is 0 Å². The highest BCUT2D eigenvalue weighted by Gasteiger charge is 2.48. The molecule has 0 bridgehead atoms. The van der Waals surface area contributed by atoms with Crippen molar-refractivity contribution in [2.45, 2.75) is 39.0 Å². The van der Waals surface area contributed by atoms with Crippen molar-refractivity contribution in [1.29, 1.82) is 0 Å². The molecule has 2 aliphatic heterocycles. The topological polar surface area (TPSA) is 49.9 Å². The predicted molar refractivity (Wildman–Crippen MR) is 86.9 cm³/mol. The van der Waals surface area contributed by atoms with E-state index in [1.807, 2.05) is 39.0 Å². The highest BCUT2D eigenvalue weighted by molar-refractivity contribution is 5.87. The number of ether oxygens (including phenoxy) is 1. The first kappa shape index (κ1) is 16.0. The number of likely N-dealkylation sites (tertiary alicyclic amines) is 2. The maximum Gasteiger partial charge on any atom is 0.410 e. The smallest absolute Gasteiger partial charge is 0.410 e. The monoisotopic (exact) mass is 316 g/mol. The number of carbonyl (C=O) groups is 2. The summed E-state index contributed by atoms with van der Waals surface area (Å²) >= 11 is 0. The van der Waals surface area contributed by atoms with Crippen molar-refractivity contribution in [1.82, 2.24) is 9.80 Å². The molecule has 2 aliphatic rings. The van der Waals surface area contributed by atoms with Crippen LogP contribution in [0.5, 0.6) is 0 Å². The Morgan fingerprint density at radius 1 is 1.22 bits per heavy atom. The second kappa shape index (κ2) is 5.96. The zero-order valence-electron chi connectivity index (χ0n) is 14.0. The molecule has 2 unspecified atom stereocenters. The lowest BCUT2D eigenvalue weighted by Gasteiger charge is -2.26. The Bertz CT molecular complexity index is 594. The molecule has 0 spiro atoms. The molecule has 1 amide bonds. The third-order valence-electron chi connectivity index (χ3n) is 4.41. The van der Waals surface area contributed by atoms with Gasteiger partial charge in [-0.2, -0.15) is 0 Å². The number of carbonyl (C=O) groups excluding carboxylic acids is 2. The Morgan fingerprint density at radius 3 is 2.57 bits per heavy atom. The first-order valence-electron chi connectivity index (χ1n) is 8.12. The van der Waals surface area contributed by atoms with E-state index in [9.17, 15) is 9.59 Å². The number of benzene rings is 1. The largest absolute Gasteiger partial charge is 0.444 e. The zero-order valence-corrected chi connectivity index (χ0v) is 14.0. The number of hydrogen-bond donors (Lipinski definition) is 0. The van der Waals surface area contributed by atoms with Gasteiger partial charge in [0.1, 0.15) is 5.60 Å². The molecular formula is C18H24N2O3. The minimum Gasteiger partial charge on any atom is -0.444 e. The van der Waals surface area contributed by atoms with Gasteiger partial charge >= 0.3 is 6.09 Å². The molecule has 1 aromatic rings. The summed E-state index contributed by atoms with van der Waals surface area (Å²) in [6, 6.07) is 10.2. The number of hydrogen-bond acceptors (Lipinski definition) is 4. The summed E-state index contributed by atoms with van der Waals surface area (Å²) in [7, 11) is 0. The predicted octanol–water partition coefficient (Wildman–Crippen LogP) is 2.31. The fraction of sp³-hybridized carbons (Fsp3) is 0.556. The van der Waals surface area contributed by atoms with Gasteiger partial charge < -0.3 is 9.64 Å². The summed E-state index contributed by atoms with van der Waals surface area (Å²) in [5.74, 6) is 0.156. The van der Waals surface area contributed by atoms with E-state index in [0.29, 0.717) is 19.6 Å². The first-order chi connectivity index (χ1) is 10.8. The molecule has 124 valence electrons. The van der Waals surface area contributed by atoms with Gasteiger partial charge in [-0.3, -0.25) is 9.69 Å². The number of ketones is 1. The molecule has 5 heteroatoms. The lowest BCUT2D eigenvalue weighted by Crippen LogP contribution is -2.39. The van der Waals surface area contributed by atoms with Crippen molar-refractivity contribution in [3.05, 3.63) is 35.9 Å². The SMILES string of the molecule is CC(C)(C)OC(=O)N1CC2C(=O)CN(Cc3ccccc3)C2C1. The second-order valence-electron chi connectivity index (χ2n) is 7.42. The molecule has 0 N–H and O–H groups in total.